The summed E-state index contributed by atoms with van der Waals surface area (Å²) in [5.74, 6) is 0.588. The molecule has 0 bridgehead atoms. The second-order valence-corrected chi connectivity index (χ2v) is 5.32. The highest BCUT2D eigenvalue weighted by Gasteiger charge is 2.17. The molecule has 0 saturated carbocycles. The van der Waals surface area contributed by atoms with E-state index in [1.165, 1.54) is 0 Å². The Kier molecular flexibility index (Phi) is 3.23. The molecule has 7 heteroatoms. The molecule has 1 amide bonds. The Balaban J connectivity index is 1.50. The average Bonchev–Trinajstić information content (AvgIpc) is 3.21. The summed E-state index contributed by atoms with van der Waals surface area (Å²) in [5.41, 5.74) is 4.74. The predicted octanol–water partition coefficient (Wildman–Crippen LogP) is 1.97. The minimum Gasteiger partial charge on any atom is -0.349 e. The Bertz CT molecular complexity index is 842. The zero-order valence-corrected chi connectivity index (χ0v) is 12.2. The molecule has 0 spiro atoms. The van der Waals surface area contributed by atoms with Gasteiger partial charge in [0.05, 0.1) is 25.0 Å². The Hall–Kier alpha value is -3.22. The third-order valence-corrected chi connectivity index (χ3v) is 3.71. The minimum atomic E-state index is 0.0340. The normalized spacial score (nSPS) is 12.8. The smallest absolute Gasteiger partial charge is 0.228 e. The molecular formula is C16H14N6O. The van der Waals surface area contributed by atoms with Crippen molar-refractivity contribution in [3.05, 3.63) is 54.4 Å². The van der Waals surface area contributed by atoms with Crippen LogP contribution in [0.4, 0.5) is 11.6 Å². The zero-order chi connectivity index (χ0) is 15.6. The summed E-state index contributed by atoms with van der Waals surface area (Å²) in [4.78, 5) is 27.0. The first-order valence-electron chi connectivity index (χ1n) is 7.24. The van der Waals surface area contributed by atoms with Crippen LogP contribution in [0.3, 0.4) is 0 Å². The number of carbonyl (C=O) groups is 1. The summed E-state index contributed by atoms with van der Waals surface area (Å²) in [6, 6.07) is 5.90. The van der Waals surface area contributed by atoms with Gasteiger partial charge in [0.15, 0.2) is 0 Å². The quantitative estimate of drug-likeness (QED) is 0.685. The number of carbonyl (C=O) groups excluding carboxylic acids is 1. The van der Waals surface area contributed by atoms with Crippen LogP contribution < -0.4 is 10.6 Å². The molecule has 0 atom stereocenters. The third kappa shape index (κ3) is 2.76. The van der Waals surface area contributed by atoms with Gasteiger partial charge >= 0.3 is 0 Å². The second kappa shape index (κ2) is 5.53. The van der Waals surface area contributed by atoms with Gasteiger partial charge in [-0.25, -0.2) is 15.0 Å². The van der Waals surface area contributed by atoms with E-state index < -0.39 is 0 Å². The van der Waals surface area contributed by atoms with Gasteiger partial charge in [-0.3, -0.25) is 4.79 Å². The summed E-state index contributed by atoms with van der Waals surface area (Å²) < 4.78 is 0. The molecule has 23 heavy (non-hydrogen) atoms. The molecular weight excluding hydrogens is 292 g/mol. The van der Waals surface area contributed by atoms with Crippen LogP contribution in [0.15, 0.2) is 43.1 Å². The van der Waals surface area contributed by atoms with Gasteiger partial charge in [0.25, 0.3) is 0 Å². The van der Waals surface area contributed by atoms with Crippen LogP contribution in [0.2, 0.25) is 0 Å². The highest BCUT2D eigenvalue weighted by atomic mass is 16.1. The van der Waals surface area contributed by atoms with Crippen molar-refractivity contribution in [2.24, 2.45) is 0 Å². The van der Waals surface area contributed by atoms with E-state index in [0.717, 1.165) is 28.1 Å². The lowest BCUT2D eigenvalue weighted by Gasteiger charge is -2.06. The van der Waals surface area contributed by atoms with Crippen molar-refractivity contribution < 1.29 is 4.79 Å². The van der Waals surface area contributed by atoms with Crippen molar-refractivity contribution >= 4 is 17.5 Å². The van der Waals surface area contributed by atoms with Crippen molar-refractivity contribution in [3.63, 3.8) is 0 Å². The SMILES string of the molecule is O=C1Cc2ccc(-c3cnc(NCc4cnc[nH]4)nc3)cc2N1. The number of amides is 1. The maximum atomic E-state index is 11.4. The van der Waals surface area contributed by atoms with Crippen LogP contribution in [-0.4, -0.2) is 25.8 Å². The molecule has 1 aliphatic rings. The van der Waals surface area contributed by atoms with Crippen LogP contribution in [0.5, 0.6) is 0 Å². The van der Waals surface area contributed by atoms with Crippen molar-refractivity contribution in [1.29, 1.82) is 0 Å². The Morgan fingerprint density at radius 3 is 2.78 bits per heavy atom. The summed E-state index contributed by atoms with van der Waals surface area (Å²) in [5, 5.41) is 5.98. The van der Waals surface area contributed by atoms with Crippen LogP contribution >= 0.6 is 0 Å². The molecule has 2 aromatic heterocycles. The molecule has 3 N–H and O–H groups in total. The summed E-state index contributed by atoms with van der Waals surface area (Å²) in [6.07, 6.45) is 7.36. The molecule has 0 unspecified atom stereocenters. The topological polar surface area (TPSA) is 95.6 Å². The van der Waals surface area contributed by atoms with E-state index in [1.807, 2.05) is 18.2 Å². The van der Waals surface area contributed by atoms with Crippen molar-refractivity contribution in [3.8, 4) is 11.1 Å². The highest BCUT2D eigenvalue weighted by Crippen LogP contribution is 2.28. The number of aromatic amines is 1. The van der Waals surface area contributed by atoms with Gasteiger partial charge in [-0.05, 0) is 17.2 Å². The summed E-state index contributed by atoms with van der Waals surface area (Å²) >= 11 is 0. The van der Waals surface area contributed by atoms with Crippen LogP contribution in [0.1, 0.15) is 11.3 Å². The first kappa shape index (κ1) is 13.4. The number of imidazole rings is 1. The molecule has 1 aromatic carbocycles. The number of hydrogen-bond acceptors (Lipinski definition) is 5. The molecule has 0 fully saturated rings. The number of nitrogens with zero attached hydrogens (tertiary/aromatic N) is 3. The number of H-pyrrole nitrogens is 1. The monoisotopic (exact) mass is 306 g/mol. The lowest BCUT2D eigenvalue weighted by Crippen LogP contribution is -2.04. The number of fused-ring (bicyclic) bond motifs is 1. The van der Waals surface area contributed by atoms with E-state index in [0.29, 0.717) is 18.9 Å². The number of anilines is 2. The number of rotatable bonds is 4. The molecule has 0 aliphatic carbocycles. The molecule has 4 rings (SSSR count). The van der Waals surface area contributed by atoms with Crippen LogP contribution in [-0.2, 0) is 17.8 Å². The first-order chi connectivity index (χ1) is 11.3. The van der Waals surface area contributed by atoms with Crippen molar-refractivity contribution in [2.45, 2.75) is 13.0 Å². The Morgan fingerprint density at radius 2 is 2.00 bits per heavy atom. The van der Waals surface area contributed by atoms with Crippen molar-refractivity contribution in [1.82, 2.24) is 19.9 Å². The molecule has 0 saturated heterocycles. The largest absolute Gasteiger partial charge is 0.349 e. The van der Waals surface area contributed by atoms with Gasteiger partial charge in [-0.2, -0.15) is 0 Å². The van der Waals surface area contributed by atoms with Gasteiger partial charge in [0.1, 0.15) is 0 Å². The third-order valence-electron chi connectivity index (χ3n) is 3.71. The van der Waals surface area contributed by atoms with E-state index in [4.69, 9.17) is 0 Å². The molecule has 114 valence electrons. The van der Waals surface area contributed by atoms with Gasteiger partial charge in [0, 0.05) is 29.8 Å². The highest BCUT2D eigenvalue weighted by molar-refractivity contribution is 5.99. The lowest BCUT2D eigenvalue weighted by atomic mass is 10.1. The number of aromatic nitrogens is 4. The molecule has 3 heterocycles. The maximum absolute atomic E-state index is 11.4. The zero-order valence-electron chi connectivity index (χ0n) is 12.2. The standard InChI is InChI=1S/C16H14N6O/c23-15-4-11-2-1-10(3-14(11)22-15)12-5-18-16(19-6-12)20-8-13-7-17-9-21-13/h1-3,5-7,9H,4,8H2,(H,17,21)(H,22,23)(H,18,19,20). The van der Waals surface area contributed by atoms with Gasteiger partial charge < -0.3 is 15.6 Å². The Labute approximate surface area is 132 Å². The van der Waals surface area contributed by atoms with Gasteiger partial charge in [0.2, 0.25) is 11.9 Å². The second-order valence-electron chi connectivity index (χ2n) is 5.32. The maximum Gasteiger partial charge on any atom is 0.228 e. The first-order valence-corrected chi connectivity index (χ1v) is 7.24. The van der Waals surface area contributed by atoms with Gasteiger partial charge in [-0.1, -0.05) is 12.1 Å². The van der Waals surface area contributed by atoms with E-state index >= 15 is 0 Å². The number of hydrogen-bond donors (Lipinski definition) is 3. The predicted molar refractivity (Wildman–Crippen MR) is 85.7 cm³/mol. The van der Waals surface area contributed by atoms with Crippen LogP contribution in [0, 0.1) is 0 Å². The molecule has 3 aromatic rings. The van der Waals surface area contributed by atoms with Crippen LogP contribution in [0.25, 0.3) is 11.1 Å². The molecule has 1 aliphatic heterocycles. The van der Waals surface area contributed by atoms with E-state index in [-0.39, 0.29) is 5.91 Å². The van der Waals surface area contributed by atoms with E-state index in [1.54, 1.807) is 24.9 Å². The Morgan fingerprint density at radius 1 is 1.13 bits per heavy atom. The molecule has 0 radical (unpaired) electrons. The fourth-order valence-corrected chi connectivity index (χ4v) is 2.52. The minimum absolute atomic E-state index is 0.0340. The fourth-order valence-electron chi connectivity index (χ4n) is 2.52. The fraction of sp³-hybridized carbons (Fsp3) is 0.125. The summed E-state index contributed by atoms with van der Waals surface area (Å²) in [6.45, 7) is 0.588. The van der Waals surface area contributed by atoms with Crippen molar-refractivity contribution in [2.75, 3.05) is 10.6 Å². The molecule has 7 nitrogen and oxygen atoms in total. The lowest BCUT2D eigenvalue weighted by molar-refractivity contribution is -0.115. The average molecular weight is 306 g/mol. The number of nitrogens with one attached hydrogen (secondary N) is 3. The van der Waals surface area contributed by atoms with E-state index in [2.05, 4.69) is 30.6 Å². The van der Waals surface area contributed by atoms with E-state index in [9.17, 15) is 4.79 Å². The van der Waals surface area contributed by atoms with Gasteiger partial charge in [-0.15, -0.1) is 0 Å². The summed E-state index contributed by atoms with van der Waals surface area (Å²) in [7, 11) is 0. The number of benzene rings is 1.